The van der Waals surface area contributed by atoms with Crippen LogP contribution >= 0.6 is 0 Å². The number of benzene rings is 1. The third kappa shape index (κ3) is 4.00. The fraction of sp³-hybridized carbons (Fsp3) is 0.267. The van der Waals surface area contributed by atoms with Crippen LogP contribution in [0.3, 0.4) is 0 Å². The lowest BCUT2D eigenvalue weighted by Gasteiger charge is -2.13. The third-order valence-corrected chi connectivity index (χ3v) is 2.91. The fourth-order valence-electron chi connectivity index (χ4n) is 1.94. The number of pyridine rings is 1. The highest BCUT2D eigenvalue weighted by Crippen LogP contribution is 1.97. The molecule has 88 valence electrons. The molecule has 0 radical (unpaired) electrons. The number of rotatable bonds is 5. The molecular formula is C15H19N2+. The molecule has 0 amide bonds. The summed E-state index contributed by atoms with van der Waals surface area (Å²) in [4.78, 5) is 5.66. The van der Waals surface area contributed by atoms with Gasteiger partial charge in [-0.1, -0.05) is 36.4 Å². The van der Waals surface area contributed by atoms with E-state index in [4.69, 9.17) is 0 Å². The van der Waals surface area contributed by atoms with E-state index in [1.165, 1.54) is 16.0 Å². The molecule has 2 nitrogen and oxygen atoms in total. The molecule has 0 spiro atoms. The highest BCUT2D eigenvalue weighted by atomic mass is 15.1. The zero-order valence-corrected chi connectivity index (χ0v) is 10.3. The summed E-state index contributed by atoms with van der Waals surface area (Å²) >= 11 is 0. The average molecular weight is 227 g/mol. The van der Waals surface area contributed by atoms with E-state index in [0.717, 1.165) is 19.5 Å². The van der Waals surface area contributed by atoms with Crippen molar-refractivity contribution in [2.75, 3.05) is 13.6 Å². The lowest BCUT2D eigenvalue weighted by Crippen LogP contribution is -3.07. The first kappa shape index (κ1) is 11.8. The normalized spacial score (nSPS) is 12.3. The third-order valence-electron chi connectivity index (χ3n) is 2.91. The molecule has 17 heavy (non-hydrogen) atoms. The Hall–Kier alpha value is -1.67. The molecule has 2 rings (SSSR count). The summed E-state index contributed by atoms with van der Waals surface area (Å²) in [5, 5.41) is 0. The largest absolute Gasteiger partial charge is 0.333 e. The van der Waals surface area contributed by atoms with Crippen LogP contribution in [-0.2, 0) is 13.0 Å². The quantitative estimate of drug-likeness (QED) is 0.816. The summed E-state index contributed by atoms with van der Waals surface area (Å²) in [7, 11) is 2.23. The van der Waals surface area contributed by atoms with Gasteiger partial charge in [0.1, 0.15) is 6.54 Å². The Morgan fingerprint density at radius 2 is 1.76 bits per heavy atom. The lowest BCUT2D eigenvalue weighted by molar-refractivity contribution is -0.893. The Labute approximate surface area is 103 Å². The minimum atomic E-state index is 1.04. The van der Waals surface area contributed by atoms with E-state index in [1.807, 2.05) is 18.5 Å². The van der Waals surface area contributed by atoms with Crippen molar-refractivity contribution in [2.24, 2.45) is 0 Å². The summed E-state index contributed by atoms with van der Waals surface area (Å²) in [6.07, 6.45) is 4.90. The van der Waals surface area contributed by atoms with Gasteiger partial charge < -0.3 is 4.90 Å². The number of likely N-dealkylation sites (N-methyl/N-ethyl adjacent to an activating group) is 1. The van der Waals surface area contributed by atoms with Crippen LogP contribution < -0.4 is 4.90 Å². The van der Waals surface area contributed by atoms with Crippen molar-refractivity contribution in [2.45, 2.75) is 13.0 Å². The van der Waals surface area contributed by atoms with Gasteiger partial charge in [0, 0.05) is 24.4 Å². The van der Waals surface area contributed by atoms with Gasteiger partial charge in [0.05, 0.1) is 13.6 Å². The maximum absolute atomic E-state index is 4.14. The van der Waals surface area contributed by atoms with Crippen LogP contribution in [-0.4, -0.2) is 18.6 Å². The van der Waals surface area contributed by atoms with Gasteiger partial charge in [-0.15, -0.1) is 0 Å². The number of aromatic nitrogens is 1. The topological polar surface area (TPSA) is 17.3 Å². The van der Waals surface area contributed by atoms with Gasteiger partial charge in [0.2, 0.25) is 0 Å². The number of hydrogen-bond donors (Lipinski definition) is 1. The van der Waals surface area contributed by atoms with E-state index in [9.17, 15) is 0 Å². The summed E-state index contributed by atoms with van der Waals surface area (Å²) in [6.45, 7) is 2.19. The second-order valence-electron chi connectivity index (χ2n) is 4.48. The molecule has 0 saturated carbocycles. The van der Waals surface area contributed by atoms with Gasteiger partial charge >= 0.3 is 0 Å². The predicted octanol–water partition coefficient (Wildman–Crippen LogP) is 1.34. The minimum absolute atomic E-state index is 1.04. The van der Waals surface area contributed by atoms with Crippen LogP contribution in [0.1, 0.15) is 11.1 Å². The van der Waals surface area contributed by atoms with Crippen molar-refractivity contribution in [3.05, 3.63) is 66.0 Å². The van der Waals surface area contributed by atoms with Crippen LogP contribution in [0.25, 0.3) is 0 Å². The van der Waals surface area contributed by atoms with E-state index >= 15 is 0 Å². The minimum Gasteiger partial charge on any atom is -0.333 e. The SMILES string of the molecule is C[NH+](CCc1ccccc1)Cc1cccnc1. The maximum atomic E-state index is 4.14. The Balaban J connectivity index is 1.80. The molecule has 1 aromatic heterocycles. The van der Waals surface area contributed by atoms with Crippen LogP contribution in [0.2, 0.25) is 0 Å². The van der Waals surface area contributed by atoms with Gasteiger partial charge in [-0.3, -0.25) is 4.98 Å². The number of nitrogens with zero attached hydrogens (tertiary/aromatic N) is 1. The zero-order valence-electron chi connectivity index (χ0n) is 10.3. The van der Waals surface area contributed by atoms with Gasteiger partial charge in [-0.05, 0) is 11.6 Å². The van der Waals surface area contributed by atoms with Crippen LogP contribution in [0.4, 0.5) is 0 Å². The first-order valence-electron chi connectivity index (χ1n) is 6.09. The molecule has 1 unspecified atom stereocenters. The lowest BCUT2D eigenvalue weighted by atomic mass is 10.1. The van der Waals surface area contributed by atoms with Crippen molar-refractivity contribution < 1.29 is 4.90 Å². The molecule has 2 heteroatoms. The highest BCUT2D eigenvalue weighted by molar-refractivity contribution is 5.14. The van der Waals surface area contributed by atoms with Crippen molar-refractivity contribution in [3.63, 3.8) is 0 Å². The van der Waals surface area contributed by atoms with Gasteiger partial charge in [0.15, 0.2) is 0 Å². The molecule has 1 heterocycles. The number of quaternary nitrogens is 1. The predicted molar refractivity (Wildman–Crippen MR) is 69.8 cm³/mol. The molecule has 1 aromatic carbocycles. The smallest absolute Gasteiger partial charge is 0.104 e. The molecule has 1 N–H and O–H groups in total. The standard InChI is InChI=1S/C15H18N2/c1-17(13-15-8-5-10-16-12-15)11-9-14-6-3-2-4-7-14/h2-8,10,12H,9,11,13H2,1H3/p+1. The first-order chi connectivity index (χ1) is 8.34. The van der Waals surface area contributed by atoms with E-state index in [1.54, 1.807) is 0 Å². The van der Waals surface area contributed by atoms with Gasteiger partial charge in [0.25, 0.3) is 0 Å². The Morgan fingerprint density at radius 1 is 1.00 bits per heavy atom. The fourth-order valence-corrected chi connectivity index (χ4v) is 1.94. The van der Waals surface area contributed by atoms with Gasteiger partial charge in [-0.2, -0.15) is 0 Å². The summed E-state index contributed by atoms with van der Waals surface area (Å²) in [5.41, 5.74) is 2.72. The molecule has 0 aliphatic carbocycles. The van der Waals surface area contributed by atoms with Crippen LogP contribution in [0.15, 0.2) is 54.9 Å². The Bertz CT molecular complexity index is 425. The molecule has 0 aliphatic heterocycles. The molecule has 2 aromatic rings. The molecule has 0 aliphatic rings. The van der Waals surface area contributed by atoms with Crippen molar-refractivity contribution in [1.29, 1.82) is 0 Å². The average Bonchev–Trinajstić information content (AvgIpc) is 2.39. The molecule has 0 fully saturated rings. The van der Waals surface area contributed by atoms with Crippen molar-refractivity contribution >= 4 is 0 Å². The second kappa shape index (κ2) is 6.16. The zero-order chi connectivity index (χ0) is 11.9. The van der Waals surface area contributed by atoms with E-state index in [2.05, 4.69) is 48.4 Å². The summed E-state index contributed by atoms with van der Waals surface area (Å²) < 4.78 is 0. The Kier molecular flexibility index (Phi) is 4.28. The molecule has 1 atom stereocenters. The monoisotopic (exact) mass is 227 g/mol. The second-order valence-corrected chi connectivity index (χ2v) is 4.48. The van der Waals surface area contributed by atoms with E-state index < -0.39 is 0 Å². The number of hydrogen-bond acceptors (Lipinski definition) is 1. The van der Waals surface area contributed by atoms with Crippen molar-refractivity contribution in [3.8, 4) is 0 Å². The van der Waals surface area contributed by atoms with Gasteiger partial charge in [-0.25, -0.2) is 0 Å². The Morgan fingerprint density at radius 3 is 2.47 bits per heavy atom. The summed E-state index contributed by atoms with van der Waals surface area (Å²) in [5.74, 6) is 0. The molecular weight excluding hydrogens is 208 g/mol. The molecule has 0 saturated heterocycles. The van der Waals surface area contributed by atoms with Crippen LogP contribution in [0, 0.1) is 0 Å². The first-order valence-corrected chi connectivity index (χ1v) is 6.09. The number of nitrogens with one attached hydrogen (secondary N) is 1. The van der Waals surface area contributed by atoms with Crippen LogP contribution in [0.5, 0.6) is 0 Å². The van der Waals surface area contributed by atoms with Crippen molar-refractivity contribution in [1.82, 2.24) is 4.98 Å². The maximum Gasteiger partial charge on any atom is 0.104 e. The molecule has 0 bridgehead atoms. The highest BCUT2D eigenvalue weighted by Gasteiger charge is 2.03. The van der Waals surface area contributed by atoms with E-state index in [0.29, 0.717) is 0 Å². The van der Waals surface area contributed by atoms with E-state index in [-0.39, 0.29) is 0 Å². The summed E-state index contributed by atoms with van der Waals surface area (Å²) in [6, 6.07) is 14.8.